The van der Waals surface area contributed by atoms with Gasteiger partial charge in [0, 0.05) is 25.2 Å². The lowest BCUT2D eigenvalue weighted by atomic mass is 9.82. The topological polar surface area (TPSA) is 39.5 Å². The van der Waals surface area contributed by atoms with Crippen molar-refractivity contribution >= 4 is 38.6 Å². The summed E-state index contributed by atoms with van der Waals surface area (Å²) in [5, 5.41) is 5.58. The number of aromatic nitrogens is 2. The molecule has 1 fully saturated rings. The molecule has 5 nitrogen and oxygen atoms in total. The minimum absolute atomic E-state index is 0.185. The Kier molecular flexibility index (Phi) is 3.26. The van der Waals surface area contributed by atoms with Crippen LogP contribution in [0.25, 0.3) is 10.9 Å². The van der Waals surface area contributed by atoms with Gasteiger partial charge in [-0.3, -0.25) is 4.45 Å². The van der Waals surface area contributed by atoms with Crippen LogP contribution in [0.15, 0.2) is 18.2 Å². The molecule has 1 aliphatic rings. The van der Waals surface area contributed by atoms with Gasteiger partial charge in [0.15, 0.2) is 0 Å². The molecule has 118 valence electrons. The van der Waals surface area contributed by atoms with Crippen LogP contribution in [0.4, 0.5) is 5.69 Å². The van der Waals surface area contributed by atoms with E-state index in [0.29, 0.717) is 0 Å². The quantitative estimate of drug-likeness (QED) is 0.641. The van der Waals surface area contributed by atoms with Gasteiger partial charge < -0.3 is 14.2 Å². The number of benzene rings is 1. The van der Waals surface area contributed by atoms with Crippen LogP contribution in [-0.2, 0) is 9.31 Å². The fourth-order valence-electron chi connectivity index (χ4n) is 2.54. The van der Waals surface area contributed by atoms with Gasteiger partial charge in [-0.1, -0.05) is 0 Å². The molecular formula is C15H23BN3O2P. The maximum Gasteiger partial charge on any atom is 0.517 e. The minimum atomic E-state index is -0.516. The second kappa shape index (κ2) is 4.95. The summed E-state index contributed by atoms with van der Waals surface area (Å²) in [6, 6.07) is 6.13. The molecule has 7 heteroatoms. The fourth-order valence-corrected chi connectivity index (χ4v) is 2.84. The van der Waals surface area contributed by atoms with Gasteiger partial charge in [-0.25, -0.2) is 0 Å². The SMILES string of the molecule is [3H]Pn1nc(B2OC(C)(C)C(C)(C)O2)c2cc(N(C)C)ccc21. The fraction of sp³-hybridized carbons (Fsp3) is 0.533. The van der Waals surface area contributed by atoms with Crippen molar-refractivity contribution in [2.75, 3.05) is 19.0 Å². The van der Waals surface area contributed by atoms with E-state index in [4.69, 9.17) is 10.6 Å². The van der Waals surface area contributed by atoms with E-state index in [9.17, 15) is 0 Å². The summed E-state index contributed by atoms with van der Waals surface area (Å²) < 4.78 is 21.7. The van der Waals surface area contributed by atoms with Crippen molar-refractivity contribution in [1.29, 1.82) is 1.28 Å². The second-order valence-electron chi connectivity index (χ2n) is 6.98. The Morgan fingerprint density at radius 2 is 1.86 bits per heavy atom. The number of hydrogen-bond donors (Lipinski definition) is 0. The van der Waals surface area contributed by atoms with Crippen LogP contribution in [0.5, 0.6) is 0 Å². The Labute approximate surface area is 135 Å². The lowest BCUT2D eigenvalue weighted by Gasteiger charge is -2.32. The molecule has 0 amide bonds. The minimum Gasteiger partial charge on any atom is -0.398 e. The number of nitrogens with zero attached hydrogens (tertiary/aromatic N) is 3. The van der Waals surface area contributed by atoms with Gasteiger partial charge in [0.05, 0.1) is 18.0 Å². The molecule has 1 atom stereocenters. The monoisotopic (exact) mass is 321 g/mol. The highest BCUT2D eigenvalue weighted by atomic mass is 31.0. The Morgan fingerprint density at radius 1 is 1.23 bits per heavy atom. The van der Waals surface area contributed by atoms with Crippen molar-refractivity contribution in [3.8, 4) is 0 Å². The molecule has 22 heavy (non-hydrogen) atoms. The first-order chi connectivity index (χ1) is 10.7. The van der Waals surface area contributed by atoms with Crippen LogP contribution in [-0.4, -0.2) is 43.2 Å². The molecule has 3 rings (SSSR count). The molecule has 0 N–H and O–H groups in total. The molecule has 0 aliphatic carbocycles. The highest BCUT2D eigenvalue weighted by molar-refractivity contribution is 7.14. The van der Waals surface area contributed by atoms with Crippen LogP contribution < -0.4 is 10.5 Å². The first-order valence-electron chi connectivity index (χ1n) is 7.90. The highest BCUT2D eigenvalue weighted by Gasteiger charge is 2.53. The average Bonchev–Trinajstić information content (AvgIpc) is 2.92. The second-order valence-corrected chi connectivity index (χ2v) is 7.40. The zero-order valence-electron chi connectivity index (χ0n) is 15.0. The molecule has 1 saturated heterocycles. The van der Waals surface area contributed by atoms with E-state index < -0.39 is 18.3 Å². The average molecular weight is 321 g/mol. The van der Waals surface area contributed by atoms with Crippen molar-refractivity contribution < 1.29 is 9.31 Å². The van der Waals surface area contributed by atoms with Gasteiger partial charge in [0.2, 0.25) is 0 Å². The van der Waals surface area contributed by atoms with Gasteiger partial charge in [-0.2, -0.15) is 5.10 Å². The molecule has 1 aromatic heterocycles. The van der Waals surface area contributed by atoms with E-state index in [0.717, 1.165) is 22.2 Å². The van der Waals surface area contributed by atoms with E-state index >= 15 is 0 Å². The number of rotatable bonds is 3. The standard InChI is InChI=1S/C15H23BN3O2P/c1-14(2)15(3,4)21-16(20-14)13-11-9-10(18(5)6)7-8-12(11)19(22)17-13/h7-9H,22H2,1-6H3/i22T. The summed E-state index contributed by atoms with van der Waals surface area (Å²) in [5.41, 5.74) is 1.96. The molecule has 1 aliphatic heterocycles. The van der Waals surface area contributed by atoms with Crippen molar-refractivity contribution in [2.24, 2.45) is 0 Å². The molecule has 2 heterocycles. The normalized spacial score (nSPS) is 21.0. The Bertz CT molecular complexity index is 732. The maximum atomic E-state index is 7.74. The highest BCUT2D eigenvalue weighted by Crippen LogP contribution is 2.37. The predicted molar refractivity (Wildman–Crippen MR) is 94.9 cm³/mol. The van der Waals surface area contributed by atoms with Crippen LogP contribution in [0.1, 0.15) is 27.7 Å². The maximum absolute atomic E-state index is 7.74. The van der Waals surface area contributed by atoms with Crippen LogP contribution in [0.2, 0.25) is 0 Å². The zero-order valence-corrected chi connectivity index (χ0v) is 15.0. The lowest BCUT2D eigenvalue weighted by Crippen LogP contribution is -2.41. The number of anilines is 1. The summed E-state index contributed by atoms with van der Waals surface area (Å²) in [6.45, 7) is 8.13. The van der Waals surface area contributed by atoms with Gasteiger partial charge in [0.1, 0.15) is 5.59 Å². The van der Waals surface area contributed by atoms with Crippen LogP contribution in [0, 0.1) is 0 Å². The molecule has 0 bridgehead atoms. The Morgan fingerprint density at radius 3 is 2.41 bits per heavy atom. The summed E-state index contributed by atoms with van der Waals surface area (Å²) >= 11 is 0. The first-order valence-corrected chi connectivity index (χ1v) is 7.84. The third-order valence-corrected chi connectivity index (χ3v) is 5.03. The largest absolute Gasteiger partial charge is 0.517 e. The summed E-state index contributed by atoms with van der Waals surface area (Å²) in [5.74, 6) is 0. The molecular weight excluding hydrogens is 296 g/mol. The van der Waals surface area contributed by atoms with Crippen LogP contribution in [0.3, 0.4) is 0 Å². The molecule has 0 saturated carbocycles. The van der Waals surface area contributed by atoms with E-state index in [2.05, 4.69) is 11.2 Å². The predicted octanol–water partition coefficient (Wildman–Crippen LogP) is 2.04. The third kappa shape index (κ3) is 2.34. The smallest absolute Gasteiger partial charge is 0.398 e. The third-order valence-electron chi connectivity index (χ3n) is 4.68. The van der Waals surface area contributed by atoms with Crippen molar-refractivity contribution in [1.82, 2.24) is 9.55 Å². The molecule has 2 aromatic rings. The van der Waals surface area contributed by atoms with E-state index in [-0.39, 0.29) is 9.34 Å². The van der Waals surface area contributed by atoms with Gasteiger partial charge >= 0.3 is 7.12 Å². The Hall–Kier alpha value is -1.10. The Balaban J connectivity index is 2.12. The molecule has 1 unspecified atom stereocenters. The van der Waals surface area contributed by atoms with E-state index in [1.54, 1.807) is 4.45 Å². The van der Waals surface area contributed by atoms with Crippen molar-refractivity contribution in [3.05, 3.63) is 18.2 Å². The lowest BCUT2D eigenvalue weighted by molar-refractivity contribution is 0.00578. The van der Waals surface area contributed by atoms with Gasteiger partial charge in [-0.15, -0.1) is 0 Å². The number of hydrogen-bond acceptors (Lipinski definition) is 4. The zero-order chi connectivity index (χ0) is 17.0. The van der Waals surface area contributed by atoms with Crippen molar-refractivity contribution in [2.45, 2.75) is 38.9 Å². The summed E-state index contributed by atoms with van der Waals surface area (Å²) in [4.78, 5) is 2.05. The van der Waals surface area contributed by atoms with Gasteiger partial charge in [0.25, 0.3) is 0 Å². The summed E-state index contributed by atoms with van der Waals surface area (Å²) in [6.07, 6.45) is 0. The summed E-state index contributed by atoms with van der Waals surface area (Å²) in [7, 11) is 3.31. The first kappa shape index (κ1) is 14.5. The molecule has 1 aromatic carbocycles. The number of fused-ring (bicyclic) bond motifs is 1. The van der Waals surface area contributed by atoms with E-state index in [1.165, 1.54) is 0 Å². The molecule has 0 radical (unpaired) electrons. The van der Waals surface area contributed by atoms with Crippen molar-refractivity contribution in [3.63, 3.8) is 0 Å². The van der Waals surface area contributed by atoms with E-state index in [1.807, 2.05) is 58.8 Å². The van der Waals surface area contributed by atoms with Gasteiger partial charge in [-0.05, 0) is 55.2 Å². The van der Waals surface area contributed by atoms with Crippen LogP contribution >= 0.6 is 9.34 Å². The molecule has 0 spiro atoms.